The van der Waals surface area contributed by atoms with Crippen LogP contribution in [0.2, 0.25) is 0 Å². The average Bonchev–Trinajstić information content (AvgIpc) is 2.49. The van der Waals surface area contributed by atoms with Gasteiger partial charge in [0.05, 0.1) is 13.1 Å². The maximum absolute atomic E-state index is 12.0. The highest BCUT2D eigenvalue weighted by Crippen LogP contribution is 2.17. The lowest BCUT2D eigenvalue weighted by molar-refractivity contribution is -0.126. The number of benzene rings is 1. The molecule has 5 heteroatoms. The number of carbonyl (C=O) groups excluding carboxylic acids is 2. The van der Waals surface area contributed by atoms with Crippen LogP contribution in [0.1, 0.15) is 24.8 Å². The third-order valence-electron chi connectivity index (χ3n) is 3.79. The maximum Gasteiger partial charge on any atom is 0.234 e. The second-order valence-electron chi connectivity index (χ2n) is 5.38. The van der Waals surface area contributed by atoms with E-state index in [4.69, 9.17) is 0 Å². The predicted molar refractivity (Wildman–Crippen MR) is 81.9 cm³/mol. The molecular weight excluding hydrogens is 266 g/mol. The van der Waals surface area contributed by atoms with E-state index in [0.29, 0.717) is 32.1 Å². The molecule has 1 aromatic rings. The first-order valence-corrected chi connectivity index (χ1v) is 7.49. The molecule has 2 N–H and O–H groups in total. The Hall–Kier alpha value is -1.88. The highest BCUT2D eigenvalue weighted by molar-refractivity contribution is 5.81. The number of hydrogen-bond donors (Lipinski definition) is 2. The molecule has 1 saturated heterocycles. The Labute approximate surface area is 125 Å². The van der Waals surface area contributed by atoms with Crippen LogP contribution >= 0.6 is 0 Å². The van der Waals surface area contributed by atoms with Gasteiger partial charge in [-0.2, -0.15) is 0 Å². The Morgan fingerprint density at radius 3 is 2.81 bits per heavy atom. The SMILES string of the molecule is CC[C@H](CNC(=O)CN1CCNC(=O)C1)c1ccccc1. The zero-order valence-corrected chi connectivity index (χ0v) is 12.5. The van der Waals surface area contributed by atoms with Crippen LogP contribution in [0.25, 0.3) is 0 Å². The highest BCUT2D eigenvalue weighted by Gasteiger charge is 2.19. The van der Waals surface area contributed by atoms with Crippen LogP contribution in [0.4, 0.5) is 0 Å². The molecule has 1 aliphatic rings. The molecule has 0 saturated carbocycles. The van der Waals surface area contributed by atoms with Crippen LogP contribution in [0.3, 0.4) is 0 Å². The van der Waals surface area contributed by atoms with Crippen molar-refractivity contribution in [1.82, 2.24) is 15.5 Å². The van der Waals surface area contributed by atoms with Gasteiger partial charge in [-0.3, -0.25) is 14.5 Å². The lowest BCUT2D eigenvalue weighted by Gasteiger charge is -2.26. The molecule has 2 amide bonds. The molecule has 2 rings (SSSR count). The Balaban J connectivity index is 1.78. The summed E-state index contributed by atoms with van der Waals surface area (Å²) in [5.74, 6) is 0.309. The fraction of sp³-hybridized carbons (Fsp3) is 0.500. The number of carbonyl (C=O) groups is 2. The molecule has 0 radical (unpaired) electrons. The molecule has 1 aliphatic heterocycles. The van der Waals surface area contributed by atoms with Crippen LogP contribution in [-0.4, -0.2) is 49.4 Å². The summed E-state index contributed by atoms with van der Waals surface area (Å²) in [7, 11) is 0. The summed E-state index contributed by atoms with van der Waals surface area (Å²) in [5.41, 5.74) is 1.25. The van der Waals surface area contributed by atoms with E-state index in [0.717, 1.165) is 13.0 Å². The minimum atomic E-state index is -0.0147. The Morgan fingerprint density at radius 2 is 2.14 bits per heavy atom. The summed E-state index contributed by atoms with van der Waals surface area (Å²) >= 11 is 0. The third kappa shape index (κ3) is 4.86. The lowest BCUT2D eigenvalue weighted by Crippen LogP contribution is -2.50. The van der Waals surface area contributed by atoms with Gasteiger partial charge in [0.2, 0.25) is 11.8 Å². The van der Waals surface area contributed by atoms with Gasteiger partial charge in [0, 0.05) is 25.6 Å². The minimum Gasteiger partial charge on any atom is -0.354 e. The highest BCUT2D eigenvalue weighted by atomic mass is 16.2. The largest absolute Gasteiger partial charge is 0.354 e. The molecule has 21 heavy (non-hydrogen) atoms. The summed E-state index contributed by atoms with van der Waals surface area (Å²) in [6, 6.07) is 10.2. The van der Waals surface area contributed by atoms with Gasteiger partial charge in [-0.1, -0.05) is 37.3 Å². The van der Waals surface area contributed by atoms with Crippen LogP contribution in [0.15, 0.2) is 30.3 Å². The van der Waals surface area contributed by atoms with Crippen molar-refractivity contribution in [3.8, 4) is 0 Å². The van der Waals surface area contributed by atoms with Crippen molar-refractivity contribution in [3.05, 3.63) is 35.9 Å². The Kier molecular flexibility index (Phi) is 5.75. The van der Waals surface area contributed by atoms with E-state index in [-0.39, 0.29) is 11.8 Å². The molecule has 0 spiro atoms. The number of rotatable bonds is 6. The summed E-state index contributed by atoms with van der Waals surface area (Å²) < 4.78 is 0. The van der Waals surface area contributed by atoms with Crippen molar-refractivity contribution in [1.29, 1.82) is 0 Å². The third-order valence-corrected chi connectivity index (χ3v) is 3.79. The summed E-state index contributed by atoms with van der Waals surface area (Å²) in [4.78, 5) is 25.1. The van der Waals surface area contributed by atoms with Crippen molar-refractivity contribution in [2.24, 2.45) is 0 Å². The average molecular weight is 289 g/mol. The number of amides is 2. The van der Waals surface area contributed by atoms with E-state index >= 15 is 0 Å². The van der Waals surface area contributed by atoms with E-state index in [9.17, 15) is 9.59 Å². The molecular formula is C16H23N3O2. The second-order valence-corrected chi connectivity index (χ2v) is 5.38. The smallest absolute Gasteiger partial charge is 0.234 e. The number of piperazine rings is 1. The van der Waals surface area contributed by atoms with Gasteiger partial charge in [0.1, 0.15) is 0 Å². The molecule has 0 unspecified atom stereocenters. The summed E-state index contributed by atoms with van der Waals surface area (Å²) in [6.45, 7) is 4.71. The molecule has 0 aliphatic carbocycles. The first-order chi connectivity index (χ1) is 10.2. The molecule has 0 bridgehead atoms. The molecule has 5 nitrogen and oxygen atoms in total. The molecule has 1 aromatic carbocycles. The quantitative estimate of drug-likeness (QED) is 0.811. The van der Waals surface area contributed by atoms with Crippen molar-refractivity contribution in [3.63, 3.8) is 0 Å². The van der Waals surface area contributed by atoms with Crippen LogP contribution in [-0.2, 0) is 9.59 Å². The summed E-state index contributed by atoms with van der Waals surface area (Å²) in [5, 5.41) is 5.74. The van der Waals surface area contributed by atoms with Crippen LogP contribution in [0.5, 0.6) is 0 Å². The lowest BCUT2D eigenvalue weighted by atomic mass is 9.96. The van der Waals surface area contributed by atoms with Crippen LogP contribution < -0.4 is 10.6 Å². The van der Waals surface area contributed by atoms with Gasteiger partial charge >= 0.3 is 0 Å². The Morgan fingerprint density at radius 1 is 1.38 bits per heavy atom. The van der Waals surface area contributed by atoms with Gasteiger partial charge in [0.25, 0.3) is 0 Å². The van der Waals surface area contributed by atoms with Gasteiger partial charge in [-0.15, -0.1) is 0 Å². The van der Waals surface area contributed by atoms with Gasteiger partial charge in [-0.25, -0.2) is 0 Å². The molecule has 0 aromatic heterocycles. The second kappa shape index (κ2) is 7.78. The zero-order valence-electron chi connectivity index (χ0n) is 12.5. The van der Waals surface area contributed by atoms with Crippen molar-refractivity contribution in [2.45, 2.75) is 19.3 Å². The normalized spacial score (nSPS) is 17.1. The topological polar surface area (TPSA) is 61.4 Å². The first-order valence-electron chi connectivity index (χ1n) is 7.49. The van der Waals surface area contributed by atoms with E-state index in [2.05, 4.69) is 29.7 Å². The fourth-order valence-electron chi connectivity index (χ4n) is 2.55. The monoisotopic (exact) mass is 289 g/mol. The molecule has 114 valence electrons. The maximum atomic E-state index is 12.0. The number of hydrogen-bond acceptors (Lipinski definition) is 3. The molecule has 1 atom stereocenters. The van der Waals surface area contributed by atoms with E-state index in [1.165, 1.54) is 5.56 Å². The minimum absolute atomic E-state index is 0.00947. The van der Waals surface area contributed by atoms with Crippen molar-refractivity contribution >= 4 is 11.8 Å². The van der Waals surface area contributed by atoms with Gasteiger partial charge in [0.15, 0.2) is 0 Å². The van der Waals surface area contributed by atoms with Crippen molar-refractivity contribution < 1.29 is 9.59 Å². The van der Waals surface area contributed by atoms with Crippen molar-refractivity contribution in [2.75, 3.05) is 32.7 Å². The Bertz CT molecular complexity index is 476. The zero-order chi connectivity index (χ0) is 15.1. The van der Waals surface area contributed by atoms with Gasteiger partial charge in [-0.05, 0) is 12.0 Å². The fourth-order valence-corrected chi connectivity index (χ4v) is 2.55. The van der Waals surface area contributed by atoms with E-state index < -0.39 is 0 Å². The number of nitrogens with zero attached hydrogens (tertiary/aromatic N) is 1. The standard InChI is InChI=1S/C16H23N3O2/c1-2-13(14-6-4-3-5-7-14)10-18-16(21)12-19-9-8-17-15(20)11-19/h3-7,13H,2,8-12H2,1H3,(H,17,20)(H,18,21)/t13-/m1/s1. The van der Waals surface area contributed by atoms with Crippen LogP contribution in [0, 0.1) is 0 Å². The number of nitrogens with one attached hydrogen (secondary N) is 2. The predicted octanol–water partition coefficient (Wildman–Crippen LogP) is 0.728. The summed E-state index contributed by atoms with van der Waals surface area (Å²) in [6.07, 6.45) is 0.983. The molecule has 1 fully saturated rings. The van der Waals surface area contributed by atoms with E-state index in [1.54, 1.807) is 0 Å². The molecule has 1 heterocycles. The van der Waals surface area contributed by atoms with E-state index in [1.807, 2.05) is 23.1 Å². The van der Waals surface area contributed by atoms with Gasteiger partial charge < -0.3 is 10.6 Å². The first kappa shape index (κ1) is 15.5.